The molecule has 0 spiro atoms. The minimum Gasteiger partial charge on any atom is -0.397 e. The average molecular weight is 190 g/mol. The van der Waals surface area contributed by atoms with Gasteiger partial charge in [0, 0.05) is 11.5 Å². The standard InChI is InChI=1S/C7H18O2Si2/c1-6(8)10(3)5-11(4)7(2)9/h6-9H,5H2,1-4H3. The normalized spacial score (nSPS) is 17.5. The zero-order chi connectivity index (χ0) is 9.02. The first kappa shape index (κ1) is 11.4. The van der Waals surface area contributed by atoms with Gasteiger partial charge in [0.2, 0.25) is 0 Å². The third kappa shape index (κ3) is 4.73. The monoisotopic (exact) mass is 190 g/mol. The van der Waals surface area contributed by atoms with Crippen LogP contribution in [0.4, 0.5) is 0 Å². The van der Waals surface area contributed by atoms with Crippen LogP contribution >= 0.6 is 0 Å². The molecule has 2 nitrogen and oxygen atoms in total. The van der Waals surface area contributed by atoms with Crippen LogP contribution < -0.4 is 0 Å². The summed E-state index contributed by atoms with van der Waals surface area (Å²) in [6, 6.07) is 0. The topological polar surface area (TPSA) is 40.5 Å². The van der Waals surface area contributed by atoms with Crippen molar-refractivity contribution in [1.82, 2.24) is 0 Å². The molecule has 0 aromatic carbocycles. The molecule has 0 saturated heterocycles. The van der Waals surface area contributed by atoms with Crippen molar-refractivity contribution in [2.45, 2.75) is 44.1 Å². The number of hydrogen-bond donors (Lipinski definition) is 2. The smallest absolute Gasteiger partial charge is 0.0779 e. The van der Waals surface area contributed by atoms with Crippen LogP contribution in [0.3, 0.4) is 0 Å². The van der Waals surface area contributed by atoms with Gasteiger partial charge in [-0.1, -0.05) is 18.8 Å². The highest BCUT2D eigenvalue weighted by Gasteiger charge is 2.19. The zero-order valence-electron chi connectivity index (χ0n) is 7.76. The van der Waals surface area contributed by atoms with E-state index < -0.39 is 17.6 Å². The number of aliphatic hydroxyl groups excluding tert-OH is 2. The van der Waals surface area contributed by atoms with Gasteiger partial charge in [0.1, 0.15) is 0 Å². The van der Waals surface area contributed by atoms with Crippen LogP contribution in [-0.4, -0.2) is 39.3 Å². The van der Waals surface area contributed by atoms with E-state index in [4.69, 9.17) is 0 Å². The van der Waals surface area contributed by atoms with Gasteiger partial charge in [-0.15, -0.1) is 0 Å². The summed E-state index contributed by atoms with van der Waals surface area (Å²) in [4.78, 5) is 0. The SMILES string of the molecule is CC(O)[Si](C)C[Si](C)C(C)O. The number of aliphatic hydroxyl groups is 2. The molecule has 2 atom stereocenters. The summed E-state index contributed by atoms with van der Waals surface area (Å²) in [6.07, 6.45) is 0. The highest BCUT2D eigenvalue weighted by atomic mass is 28.3. The van der Waals surface area contributed by atoms with Crippen LogP contribution in [-0.2, 0) is 0 Å². The van der Waals surface area contributed by atoms with Crippen molar-refractivity contribution in [1.29, 1.82) is 0 Å². The predicted octanol–water partition coefficient (Wildman–Crippen LogP) is 0.615. The third-order valence-corrected chi connectivity index (χ3v) is 9.30. The minimum atomic E-state index is -0.610. The molecule has 2 unspecified atom stereocenters. The fourth-order valence-electron chi connectivity index (χ4n) is 0.735. The first-order valence-corrected chi connectivity index (χ1v) is 8.52. The fourth-order valence-corrected chi connectivity index (χ4v) is 6.62. The minimum absolute atomic E-state index is 0.140. The summed E-state index contributed by atoms with van der Waals surface area (Å²) in [6.45, 7) is 7.97. The Labute approximate surface area is 72.5 Å². The van der Waals surface area contributed by atoms with Crippen LogP contribution in [0.15, 0.2) is 0 Å². The molecule has 0 aliphatic rings. The number of hydrogen-bond acceptors (Lipinski definition) is 2. The van der Waals surface area contributed by atoms with E-state index in [0.29, 0.717) is 0 Å². The number of rotatable bonds is 4. The Balaban J connectivity index is 3.66. The molecule has 0 aliphatic carbocycles. The van der Waals surface area contributed by atoms with E-state index in [1.165, 1.54) is 0 Å². The molecule has 0 saturated carbocycles. The molecule has 66 valence electrons. The van der Waals surface area contributed by atoms with Crippen LogP contribution in [0.25, 0.3) is 0 Å². The van der Waals surface area contributed by atoms with Gasteiger partial charge in [-0.25, -0.2) is 0 Å². The second-order valence-electron chi connectivity index (χ2n) is 3.22. The molecular formula is C7H18O2Si2. The van der Waals surface area contributed by atoms with Crippen LogP contribution in [0.5, 0.6) is 0 Å². The predicted molar refractivity (Wildman–Crippen MR) is 51.4 cm³/mol. The molecule has 0 rings (SSSR count). The van der Waals surface area contributed by atoms with Crippen molar-refractivity contribution in [2.24, 2.45) is 0 Å². The molecular weight excluding hydrogens is 172 g/mol. The lowest BCUT2D eigenvalue weighted by molar-refractivity contribution is 0.265. The van der Waals surface area contributed by atoms with Crippen molar-refractivity contribution in [3.05, 3.63) is 0 Å². The van der Waals surface area contributed by atoms with E-state index in [9.17, 15) is 10.2 Å². The van der Waals surface area contributed by atoms with E-state index in [2.05, 4.69) is 13.1 Å². The van der Waals surface area contributed by atoms with E-state index >= 15 is 0 Å². The van der Waals surface area contributed by atoms with Gasteiger partial charge in [-0.3, -0.25) is 0 Å². The van der Waals surface area contributed by atoms with E-state index in [1.54, 1.807) is 0 Å². The lowest BCUT2D eigenvalue weighted by Gasteiger charge is -2.18. The van der Waals surface area contributed by atoms with Crippen LogP contribution in [0, 0.1) is 0 Å². The van der Waals surface area contributed by atoms with Crippen LogP contribution in [0.2, 0.25) is 18.8 Å². The largest absolute Gasteiger partial charge is 0.397 e. The zero-order valence-corrected chi connectivity index (χ0v) is 9.76. The molecule has 11 heavy (non-hydrogen) atoms. The fraction of sp³-hybridized carbons (Fsp3) is 1.00. The maximum Gasteiger partial charge on any atom is 0.0779 e. The second kappa shape index (κ2) is 5.08. The van der Waals surface area contributed by atoms with Gasteiger partial charge >= 0.3 is 0 Å². The molecule has 0 aliphatic heterocycles. The Bertz CT molecular complexity index is 94.6. The molecule has 0 aromatic rings. The van der Waals surface area contributed by atoms with Crippen molar-refractivity contribution >= 4 is 17.6 Å². The highest BCUT2D eigenvalue weighted by molar-refractivity contribution is 6.77. The quantitative estimate of drug-likeness (QED) is 0.638. The lowest BCUT2D eigenvalue weighted by atomic mass is 10.9. The summed E-state index contributed by atoms with van der Waals surface area (Å²) in [5, 5.41) is 18.5. The van der Waals surface area contributed by atoms with E-state index in [-0.39, 0.29) is 11.5 Å². The highest BCUT2D eigenvalue weighted by Crippen LogP contribution is 2.05. The first-order valence-electron chi connectivity index (χ1n) is 3.96. The van der Waals surface area contributed by atoms with Gasteiger partial charge in [-0.2, -0.15) is 0 Å². The van der Waals surface area contributed by atoms with Crippen molar-refractivity contribution in [2.75, 3.05) is 0 Å². The molecule has 2 radical (unpaired) electrons. The maximum atomic E-state index is 9.23. The summed E-state index contributed by atoms with van der Waals surface area (Å²) in [5.41, 5.74) is 0.808. The molecule has 0 bridgehead atoms. The van der Waals surface area contributed by atoms with Gasteiger partial charge < -0.3 is 10.2 Å². The first-order chi connectivity index (χ1) is 4.95. The Morgan fingerprint density at radius 3 is 1.45 bits per heavy atom. The van der Waals surface area contributed by atoms with E-state index in [1.807, 2.05) is 13.8 Å². The van der Waals surface area contributed by atoms with Gasteiger partial charge in [0.15, 0.2) is 0 Å². The molecule has 0 amide bonds. The maximum absolute atomic E-state index is 9.23. The van der Waals surface area contributed by atoms with Gasteiger partial charge in [0.05, 0.1) is 17.6 Å². The molecule has 0 aromatic heterocycles. The molecule has 2 N–H and O–H groups in total. The van der Waals surface area contributed by atoms with Gasteiger partial charge in [-0.05, 0) is 13.8 Å². The van der Waals surface area contributed by atoms with Crippen molar-refractivity contribution in [3.8, 4) is 0 Å². The summed E-state index contributed by atoms with van der Waals surface area (Å²) >= 11 is 0. The van der Waals surface area contributed by atoms with Gasteiger partial charge in [0.25, 0.3) is 0 Å². The van der Waals surface area contributed by atoms with E-state index in [0.717, 1.165) is 5.67 Å². The Morgan fingerprint density at radius 2 is 1.27 bits per heavy atom. The lowest BCUT2D eigenvalue weighted by Crippen LogP contribution is -2.35. The Kier molecular flexibility index (Phi) is 5.24. The van der Waals surface area contributed by atoms with Crippen molar-refractivity contribution < 1.29 is 10.2 Å². The summed E-state index contributed by atoms with van der Waals surface area (Å²) < 4.78 is 0. The Morgan fingerprint density at radius 1 is 1.00 bits per heavy atom. The molecule has 4 heteroatoms. The summed E-state index contributed by atoms with van der Waals surface area (Å²) in [7, 11) is -1.22. The molecule has 0 heterocycles. The summed E-state index contributed by atoms with van der Waals surface area (Å²) in [5.74, 6) is 0. The van der Waals surface area contributed by atoms with Crippen LogP contribution in [0.1, 0.15) is 13.8 Å². The second-order valence-corrected chi connectivity index (χ2v) is 9.69. The third-order valence-electron chi connectivity index (χ3n) is 1.98. The Hall–Kier alpha value is 0.354. The molecule has 0 fully saturated rings. The van der Waals surface area contributed by atoms with Crippen molar-refractivity contribution in [3.63, 3.8) is 0 Å². The average Bonchev–Trinajstić information content (AvgIpc) is 1.87.